The molecule has 0 heterocycles. The first-order chi connectivity index (χ1) is 10.4. The van der Waals surface area contributed by atoms with Crippen LogP contribution in [0.2, 0.25) is 0 Å². The molecule has 1 saturated carbocycles. The molecular formula is C20H32O2. The Morgan fingerprint density at radius 3 is 2.09 bits per heavy atom. The summed E-state index contributed by atoms with van der Waals surface area (Å²) in [5, 5.41) is 0. The molecule has 0 spiro atoms. The van der Waals surface area contributed by atoms with Gasteiger partial charge in [0, 0.05) is 0 Å². The summed E-state index contributed by atoms with van der Waals surface area (Å²) in [6.45, 7) is 11.1. The molecule has 2 heteroatoms. The number of benzene rings is 1. The van der Waals surface area contributed by atoms with Gasteiger partial charge in [0.2, 0.25) is 0 Å². The largest absolute Gasteiger partial charge is 0.465 e. The van der Waals surface area contributed by atoms with E-state index < -0.39 is 0 Å². The third-order valence-electron chi connectivity index (χ3n) is 4.92. The van der Waals surface area contributed by atoms with E-state index in [1.807, 2.05) is 6.92 Å². The van der Waals surface area contributed by atoms with E-state index in [-0.39, 0.29) is 11.7 Å². The Hall–Kier alpha value is -1.02. The van der Waals surface area contributed by atoms with Gasteiger partial charge in [-0.3, -0.25) is 0 Å². The van der Waals surface area contributed by atoms with Gasteiger partial charge in [-0.1, -0.05) is 59.1 Å². The predicted octanol–water partition coefficient (Wildman–Crippen LogP) is 5.91. The van der Waals surface area contributed by atoms with Crippen molar-refractivity contribution in [2.45, 2.75) is 85.0 Å². The number of rotatable bonds is 5. The molecule has 0 amide bonds. The lowest BCUT2D eigenvalue weighted by molar-refractivity contribution is -0.116. The van der Waals surface area contributed by atoms with Crippen molar-refractivity contribution < 1.29 is 9.47 Å². The van der Waals surface area contributed by atoms with Crippen LogP contribution in [0.25, 0.3) is 0 Å². The number of ether oxygens (including phenoxy) is 2. The maximum Gasteiger partial charge on any atom is 0.197 e. The summed E-state index contributed by atoms with van der Waals surface area (Å²) in [5.41, 5.74) is 1.64. The van der Waals surface area contributed by atoms with Gasteiger partial charge in [0.15, 0.2) is 6.29 Å². The van der Waals surface area contributed by atoms with Crippen LogP contribution in [0.5, 0.6) is 5.75 Å². The number of hydrogen-bond donors (Lipinski definition) is 0. The van der Waals surface area contributed by atoms with Crippen molar-refractivity contribution >= 4 is 0 Å². The summed E-state index contributed by atoms with van der Waals surface area (Å²) in [6, 6.07) is 8.49. The fourth-order valence-corrected chi connectivity index (χ4v) is 3.03. The van der Waals surface area contributed by atoms with Gasteiger partial charge in [0.05, 0.1) is 6.10 Å². The molecule has 1 aromatic rings. The molecule has 2 nitrogen and oxygen atoms in total. The van der Waals surface area contributed by atoms with Crippen molar-refractivity contribution in [3.63, 3.8) is 0 Å². The zero-order valence-corrected chi connectivity index (χ0v) is 14.9. The van der Waals surface area contributed by atoms with Gasteiger partial charge in [0.1, 0.15) is 5.75 Å². The summed E-state index contributed by atoms with van der Waals surface area (Å²) in [7, 11) is 0. The van der Waals surface area contributed by atoms with Crippen molar-refractivity contribution in [1.82, 2.24) is 0 Å². The molecule has 0 bridgehead atoms. The van der Waals surface area contributed by atoms with E-state index in [1.165, 1.54) is 37.7 Å². The molecule has 2 unspecified atom stereocenters. The molecule has 0 aliphatic heterocycles. The van der Waals surface area contributed by atoms with Crippen LogP contribution in [0.15, 0.2) is 24.3 Å². The minimum atomic E-state index is -0.172. The van der Waals surface area contributed by atoms with E-state index in [1.54, 1.807) is 0 Å². The van der Waals surface area contributed by atoms with Gasteiger partial charge in [-0.25, -0.2) is 0 Å². The summed E-state index contributed by atoms with van der Waals surface area (Å²) < 4.78 is 11.9. The Morgan fingerprint density at radius 2 is 1.55 bits per heavy atom. The van der Waals surface area contributed by atoms with Crippen LogP contribution in [0.4, 0.5) is 0 Å². The van der Waals surface area contributed by atoms with E-state index in [0.717, 1.165) is 5.75 Å². The average molecular weight is 304 g/mol. The van der Waals surface area contributed by atoms with E-state index in [9.17, 15) is 0 Å². The van der Waals surface area contributed by atoms with E-state index >= 15 is 0 Å². The molecule has 1 aromatic carbocycles. The van der Waals surface area contributed by atoms with Crippen LogP contribution < -0.4 is 4.74 Å². The summed E-state index contributed by atoms with van der Waals surface area (Å²) in [6.07, 6.45) is 6.49. The molecule has 1 aliphatic carbocycles. The molecule has 1 fully saturated rings. The topological polar surface area (TPSA) is 18.5 Å². The Balaban J connectivity index is 1.87. The molecule has 124 valence electrons. The zero-order valence-electron chi connectivity index (χ0n) is 14.9. The normalized spacial score (nSPS) is 19.7. The molecule has 2 rings (SSSR count). The minimum absolute atomic E-state index is 0.172. The van der Waals surface area contributed by atoms with E-state index in [0.29, 0.717) is 12.0 Å². The van der Waals surface area contributed by atoms with Crippen LogP contribution >= 0.6 is 0 Å². The molecule has 0 aromatic heterocycles. The summed E-state index contributed by atoms with van der Waals surface area (Å²) in [5.74, 6) is 1.42. The SMILES string of the molecule is CC(Oc1ccc(C(C)C(C)(C)C)cc1)OC1CCCCC1. The summed E-state index contributed by atoms with van der Waals surface area (Å²) in [4.78, 5) is 0. The van der Waals surface area contributed by atoms with E-state index in [2.05, 4.69) is 52.0 Å². The number of hydrogen-bond acceptors (Lipinski definition) is 2. The second-order valence-electron chi connectivity index (χ2n) is 7.74. The second kappa shape index (κ2) is 7.50. The van der Waals surface area contributed by atoms with Crippen molar-refractivity contribution in [2.24, 2.45) is 5.41 Å². The molecule has 0 radical (unpaired) electrons. The first kappa shape index (κ1) is 17.3. The predicted molar refractivity (Wildman–Crippen MR) is 92.4 cm³/mol. The lowest BCUT2D eigenvalue weighted by Gasteiger charge is -2.28. The van der Waals surface area contributed by atoms with Gasteiger partial charge in [-0.15, -0.1) is 0 Å². The molecule has 0 N–H and O–H groups in total. The highest BCUT2D eigenvalue weighted by Gasteiger charge is 2.22. The van der Waals surface area contributed by atoms with Gasteiger partial charge in [-0.2, -0.15) is 0 Å². The lowest BCUT2D eigenvalue weighted by Crippen LogP contribution is -2.26. The summed E-state index contributed by atoms with van der Waals surface area (Å²) >= 11 is 0. The Morgan fingerprint density at radius 1 is 0.955 bits per heavy atom. The standard InChI is InChI=1S/C20H32O2/c1-15(20(3,4)5)17-11-13-19(14-12-17)22-16(2)21-18-9-7-6-8-10-18/h11-16,18H,6-10H2,1-5H3. The third kappa shape index (κ3) is 5.01. The Kier molecular flexibility index (Phi) is 5.91. The molecule has 1 aliphatic rings. The van der Waals surface area contributed by atoms with Crippen molar-refractivity contribution in [3.05, 3.63) is 29.8 Å². The van der Waals surface area contributed by atoms with Crippen LogP contribution in [0.1, 0.15) is 78.2 Å². The first-order valence-electron chi connectivity index (χ1n) is 8.78. The molecule has 0 saturated heterocycles. The third-order valence-corrected chi connectivity index (χ3v) is 4.92. The lowest BCUT2D eigenvalue weighted by atomic mass is 9.78. The zero-order chi connectivity index (χ0) is 16.2. The highest BCUT2D eigenvalue weighted by molar-refractivity contribution is 5.30. The van der Waals surface area contributed by atoms with Crippen LogP contribution in [0.3, 0.4) is 0 Å². The van der Waals surface area contributed by atoms with Crippen molar-refractivity contribution in [1.29, 1.82) is 0 Å². The quantitative estimate of drug-likeness (QED) is 0.629. The monoisotopic (exact) mass is 304 g/mol. The average Bonchev–Trinajstić information content (AvgIpc) is 2.47. The highest BCUT2D eigenvalue weighted by Crippen LogP contribution is 2.35. The van der Waals surface area contributed by atoms with Crippen molar-refractivity contribution in [2.75, 3.05) is 0 Å². The Bertz CT molecular complexity index is 438. The molecule has 22 heavy (non-hydrogen) atoms. The fourth-order valence-electron chi connectivity index (χ4n) is 3.03. The fraction of sp³-hybridized carbons (Fsp3) is 0.700. The Labute approximate surface area is 136 Å². The van der Waals surface area contributed by atoms with E-state index in [4.69, 9.17) is 9.47 Å². The molecule has 2 atom stereocenters. The van der Waals surface area contributed by atoms with Crippen LogP contribution in [-0.2, 0) is 4.74 Å². The van der Waals surface area contributed by atoms with Gasteiger partial charge < -0.3 is 9.47 Å². The van der Waals surface area contributed by atoms with Gasteiger partial charge in [-0.05, 0) is 48.8 Å². The van der Waals surface area contributed by atoms with Crippen molar-refractivity contribution in [3.8, 4) is 5.75 Å². The first-order valence-corrected chi connectivity index (χ1v) is 8.78. The molecular weight excluding hydrogens is 272 g/mol. The smallest absolute Gasteiger partial charge is 0.197 e. The van der Waals surface area contributed by atoms with Gasteiger partial charge >= 0.3 is 0 Å². The highest BCUT2D eigenvalue weighted by atomic mass is 16.7. The second-order valence-corrected chi connectivity index (χ2v) is 7.74. The minimum Gasteiger partial charge on any atom is -0.465 e. The maximum atomic E-state index is 6.00. The van der Waals surface area contributed by atoms with Crippen LogP contribution in [0, 0.1) is 5.41 Å². The maximum absolute atomic E-state index is 6.00. The van der Waals surface area contributed by atoms with Gasteiger partial charge in [0.25, 0.3) is 0 Å². The van der Waals surface area contributed by atoms with Crippen LogP contribution in [-0.4, -0.2) is 12.4 Å².